The number of fused-ring (bicyclic) bond motifs is 13. The molecule has 0 aromatic heterocycles. The summed E-state index contributed by atoms with van der Waals surface area (Å²) in [7, 11) is 0. The second-order valence-electron chi connectivity index (χ2n) is 18.9. The number of anilines is 3. The summed E-state index contributed by atoms with van der Waals surface area (Å²) in [6.45, 7) is 4.80. The van der Waals surface area contributed by atoms with Crippen LogP contribution in [0.15, 0.2) is 152 Å². The Hall–Kier alpha value is -5.66. The molecule has 0 bridgehead atoms. The maximum atomic E-state index is 2.64. The van der Waals surface area contributed by atoms with E-state index in [1.165, 1.54) is 159 Å². The first kappa shape index (κ1) is 35.3. The van der Waals surface area contributed by atoms with Crippen LogP contribution in [-0.2, 0) is 10.8 Å². The Morgan fingerprint density at radius 2 is 0.763 bits per heavy atom. The van der Waals surface area contributed by atoms with Crippen LogP contribution in [0.1, 0.15) is 134 Å². The van der Waals surface area contributed by atoms with Gasteiger partial charge in [0.25, 0.3) is 0 Å². The van der Waals surface area contributed by atoms with Gasteiger partial charge in [-0.2, -0.15) is 0 Å². The van der Waals surface area contributed by atoms with Crippen molar-refractivity contribution in [1.82, 2.24) is 0 Å². The van der Waals surface area contributed by atoms with Crippen molar-refractivity contribution in [2.45, 2.75) is 101 Å². The standard InChI is InChI=1S/C58H53N/c1-57(2)51-22-12-9-19-45(51)48-33-30-43(36-54(48)57)59(42-28-25-40(26-29-42)38-15-5-3-6-16-38)44-31-34-50-49-32-27-41(39-17-7-4-8-18-39)35-55(49)58(56(50)37-44)52-23-13-10-20-46(52)47-21-11-14-24-53(47)58/h9-14,19-39H,3-8,15-18H2,1-2H3. The number of nitrogens with zero attached hydrogens (tertiary/aromatic N) is 1. The Morgan fingerprint density at radius 3 is 1.36 bits per heavy atom. The molecule has 59 heavy (non-hydrogen) atoms. The lowest BCUT2D eigenvalue weighted by atomic mass is 9.69. The average Bonchev–Trinajstić information content (AvgIpc) is 3.85. The first-order chi connectivity index (χ1) is 29.0. The van der Waals surface area contributed by atoms with Crippen LogP contribution in [0.4, 0.5) is 17.1 Å². The van der Waals surface area contributed by atoms with Gasteiger partial charge in [0.2, 0.25) is 0 Å². The van der Waals surface area contributed by atoms with E-state index in [0.29, 0.717) is 11.8 Å². The maximum absolute atomic E-state index is 2.64. The van der Waals surface area contributed by atoms with Crippen LogP contribution in [0, 0.1) is 0 Å². The largest absolute Gasteiger partial charge is 0.310 e. The molecule has 0 atom stereocenters. The van der Waals surface area contributed by atoms with Gasteiger partial charge in [-0.1, -0.05) is 168 Å². The van der Waals surface area contributed by atoms with Crippen molar-refractivity contribution in [1.29, 1.82) is 0 Å². The van der Waals surface area contributed by atoms with Crippen LogP contribution in [0.2, 0.25) is 0 Å². The minimum absolute atomic E-state index is 0.0879. The van der Waals surface area contributed by atoms with Crippen molar-refractivity contribution < 1.29 is 0 Å². The summed E-state index contributed by atoms with van der Waals surface area (Å²) in [6.07, 6.45) is 13.3. The van der Waals surface area contributed by atoms with E-state index in [4.69, 9.17) is 0 Å². The minimum Gasteiger partial charge on any atom is -0.310 e. The van der Waals surface area contributed by atoms with Crippen molar-refractivity contribution in [3.63, 3.8) is 0 Å². The zero-order chi connectivity index (χ0) is 39.3. The first-order valence-electron chi connectivity index (χ1n) is 22.6. The maximum Gasteiger partial charge on any atom is 0.0726 e. The van der Waals surface area contributed by atoms with Crippen LogP contribution in [0.5, 0.6) is 0 Å². The van der Waals surface area contributed by atoms with Gasteiger partial charge in [-0.25, -0.2) is 0 Å². The summed E-state index contributed by atoms with van der Waals surface area (Å²) in [4.78, 5) is 2.56. The Labute approximate surface area is 350 Å². The summed E-state index contributed by atoms with van der Waals surface area (Å²) in [6, 6.07) is 59.6. The highest BCUT2D eigenvalue weighted by atomic mass is 15.1. The van der Waals surface area contributed by atoms with Crippen molar-refractivity contribution >= 4 is 17.1 Å². The van der Waals surface area contributed by atoms with Crippen LogP contribution in [-0.4, -0.2) is 0 Å². The fourth-order valence-corrected chi connectivity index (χ4v) is 12.6. The van der Waals surface area contributed by atoms with Gasteiger partial charge >= 0.3 is 0 Å². The first-order valence-corrected chi connectivity index (χ1v) is 22.6. The molecule has 0 unspecified atom stereocenters. The Balaban J connectivity index is 1.08. The second kappa shape index (κ2) is 13.4. The molecule has 7 aromatic carbocycles. The van der Waals surface area contributed by atoms with E-state index in [9.17, 15) is 0 Å². The molecule has 2 saturated carbocycles. The molecular weight excluding hydrogens is 711 g/mol. The summed E-state index contributed by atoms with van der Waals surface area (Å²) in [5, 5.41) is 0. The molecule has 5 aliphatic carbocycles. The van der Waals surface area contributed by atoms with Crippen LogP contribution in [0.25, 0.3) is 33.4 Å². The Morgan fingerprint density at radius 1 is 0.356 bits per heavy atom. The van der Waals surface area contributed by atoms with Gasteiger partial charge < -0.3 is 4.90 Å². The van der Waals surface area contributed by atoms with Gasteiger partial charge in [0, 0.05) is 22.5 Å². The van der Waals surface area contributed by atoms with E-state index < -0.39 is 5.41 Å². The fourth-order valence-electron chi connectivity index (χ4n) is 12.6. The molecule has 0 radical (unpaired) electrons. The van der Waals surface area contributed by atoms with Gasteiger partial charge in [-0.15, -0.1) is 0 Å². The molecule has 1 nitrogen and oxygen atoms in total. The predicted molar refractivity (Wildman–Crippen MR) is 247 cm³/mol. The average molecular weight is 764 g/mol. The quantitative estimate of drug-likeness (QED) is 0.169. The van der Waals surface area contributed by atoms with E-state index >= 15 is 0 Å². The third-order valence-corrected chi connectivity index (χ3v) is 15.5. The topological polar surface area (TPSA) is 3.24 Å². The smallest absolute Gasteiger partial charge is 0.0726 e. The molecule has 1 heteroatoms. The van der Waals surface area contributed by atoms with Gasteiger partial charge in [-0.3, -0.25) is 0 Å². The number of rotatable bonds is 5. The van der Waals surface area contributed by atoms with Crippen LogP contribution in [0.3, 0.4) is 0 Å². The lowest BCUT2D eigenvalue weighted by Gasteiger charge is -2.33. The van der Waals surface area contributed by atoms with Gasteiger partial charge in [0.1, 0.15) is 0 Å². The molecule has 0 saturated heterocycles. The van der Waals surface area contributed by atoms with E-state index in [1.54, 1.807) is 0 Å². The molecule has 2 fully saturated rings. The summed E-state index contributed by atoms with van der Waals surface area (Å²) < 4.78 is 0. The fraction of sp³-hybridized carbons (Fsp3) is 0.276. The van der Waals surface area contributed by atoms with E-state index in [2.05, 4.69) is 170 Å². The van der Waals surface area contributed by atoms with Crippen molar-refractivity contribution in [3.05, 3.63) is 196 Å². The van der Waals surface area contributed by atoms with Gasteiger partial charge in [0.05, 0.1) is 5.41 Å². The van der Waals surface area contributed by atoms with E-state index in [0.717, 1.165) is 0 Å². The monoisotopic (exact) mass is 763 g/mol. The minimum atomic E-state index is -0.392. The highest BCUT2D eigenvalue weighted by Crippen LogP contribution is 2.64. The van der Waals surface area contributed by atoms with Gasteiger partial charge in [0.15, 0.2) is 0 Å². The highest BCUT2D eigenvalue weighted by molar-refractivity contribution is 5.96. The molecule has 0 N–H and O–H groups in total. The third kappa shape index (κ3) is 5.16. The summed E-state index contributed by atoms with van der Waals surface area (Å²) in [5.41, 5.74) is 22.9. The highest BCUT2D eigenvalue weighted by Gasteiger charge is 2.52. The zero-order valence-corrected chi connectivity index (χ0v) is 34.6. The molecule has 0 heterocycles. The SMILES string of the molecule is CC1(C)c2ccccc2-c2ccc(N(c3ccc(C4CCCCC4)cc3)c3ccc4c(c3)C3(c5ccccc5-c5ccccc53)c3cc(C5CCCCC5)ccc3-4)cc21. The van der Waals surface area contributed by atoms with Crippen molar-refractivity contribution in [3.8, 4) is 33.4 Å². The van der Waals surface area contributed by atoms with E-state index in [-0.39, 0.29) is 5.41 Å². The Kier molecular flexibility index (Phi) is 8.04. The van der Waals surface area contributed by atoms with Crippen molar-refractivity contribution in [2.24, 2.45) is 0 Å². The van der Waals surface area contributed by atoms with Crippen LogP contribution < -0.4 is 4.90 Å². The number of hydrogen-bond acceptors (Lipinski definition) is 1. The lowest BCUT2D eigenvalue weighted by molar-refractivity contribution is 0.443. The molecule has 290 valence electrons. The van der Waals surface area contributed by atoms with Gasteiger partial charge in [-0.05, 0) is 152 Å². The number of benzene rings is 7. The second-order valence-corrected chi connectivity index (χ2v) is 18.9. The molecule has 0 amide bonds. The molecular formula is C58H53N. The van der Waals surface area contributed by atoms with E-state index in [1.807, 2.05) is 0 Å². The Bertz CT molecular complexity index is 2730. The number of hydrogen-bond donors (Lipinski definition) is 0. The van der Waals surface area contributed by atoms with Crippen LogP contribution >= 0.6 is 0 Å². The zero-order valence-electron chi connectivity index (χ0n) is 34.6. The lowest BCUT2D eigenvalue weighted by Crippen LogP contribution is -2.26. The summed E-state index contributed by atoms with van der Waals surface area (Å²) >= 11 is 0. The molecule has 0 aliphatic heterocycles. The third-order valence-electron chi connectivity index (χ3n) is 15.5. The molecule has 5 aliphatic rings. The predicted octanol–water partition coefficient (Wildman–Crippen LogP) is 15.9. The summed E-state index contributed by atoms with van der Waals surface area (Å²) in [5.74, 6) is 1.31. The molecule has 12 rings (SSSR count). The molecule has 7 aromatic rings. The normalized spacial score (nSPS) is 18.1. The molecule has 1 spiro atoms. The van der Waals surface area contributed by atoms with Crippen molar-refractivity contribution in [2.75, 3.05) is 4.90 Å².